The molecule has 0 aliphatic carbocycles. The van der Waals surface area contributed by atoms with Crippen LogP contribution in [0.15, 0.2) is 12.3 Å². The summed E-state index contributed by atoms with van der Waals surface area (Å²) in [5.41, 5.74) is 7.43. The lowest BCUT2D eigenvalue weighted by Crippen LogP contribution is -2.36. The Labute approximate surface area is 87.6 Å². The van der Waals surface area contributed by atoms with Gasteiger partial charge in [-0.15, -0.1) is 0 Å². The highest BCUT2D eigenvalue weighted by molar-refractivity contribution is 6.29. The molecule has 2 heterocycles. The van der Waals surface area contributed by atoms with Crippen LogP contribution >= 0.6 is 11.6 Å². The van der Waals surface area contributed by atoms with Crippen LogP contribution in [-0.2, 0) is 4.74 Å². The SMILES string of the molecule is Nc1cnc(Cl)cc1N1CCOCC1. The van der Waals surface area contributed by atoms with Crippen molar-refractivity contribution in [2.24, 2.45) is 0 Å². The minimum Gasteiger partial charge on any atom is -0.396 e. The lowest BCUT2D eigenvalue weighted by Gasteiger charge is -2.29. The zero-order valence-corrected chi connectivity index (χ0v) is 8.50. The van der Waals surface area contributed by atoms with Crippen LogP contribution in [0.25, 0.3) is 0 Å². The van der Waals surface area contributed by atoms with Crippen LogP contribution < -0.4 is 10.6 Å². The maximum Gasteiger partial charge on any atom is 0.131 e. The van der Waals surface area contributed by atoms with Crippen molar-refractivity contribution >= 4 is 23.0 Å². The smallest absolute Gasteiger partial charge is 0.131 e. The van der Waals surface area contributed by atoms with E-state index in [1.807, 2.05) is 0 Å². The minimum atomic E-state index is 0.473. The van der Waals surface area contributed by atoms with Crippen molar-refractivity contribution in [2.45, 2.75) is 0 Å². The highest BCUT2D eigenvalue weighted by Crippen LogP contribution is 2.25. The van der Waals surface area contributed by atoms with E-state index in [1.54, 1.807) is 12.3 Å². The number of nitrogens with two attached hydrogens (primary N) is 1. The molecule has 14 heavy (non-hydrogen) atoms. The molecule has 1 aromatic heterocycles. The van der Waals surface area contributed by atoms with Gasteiger partial charge in [0.25, 0.3) is 0 Å². The second kappa shape index (κ2) is 4.02. The first-order chi connectivity index (χ1) is 6.77. The lowest BCUT2D eigenvalue weighted by molar-refractivity contribution is 0.123. The van der Waals surface area contributed by atoms with E-state index < -0.39 is 0 Å². The fourth-order valence-electron chi connectivity index (χ4n) is 1.51. The molecule has 0 spiro atoms. The number of ether oxygens (including phenoxy) is 1. The molecule has 1 aliphatic heterocycles. The molecule has 2 N–H and O–H groups in total. The van der Waals surface area contributed by atoms with E-state index in [-0.39, 0.29) is 0 Å². The van der Waals surface area contributed by atoms with Crippen LogP contribution in [-0.4, -0.2) is 31.3 Å². The molecule has 0 amide bonds. The molecule has 0 unspecified atom stereocenters. The summed E-state index contributed by atoms with van der Waals surface area (Å²) in [6, 6.07) is 1.79. The zero-order chi connectivity index (χ0) is 9.97. The second-order valence-corrected chi connectivity index (χ2v) is 3.55. The van der Waals surface area contributed by atoms with Crippen LogP contribution in [0, 0.1) is 0 Å². The number of hydrogen-bond donors (Lipinski definition) is 1. The van der Waals surface area contributed by atoms with Gasteiger partial charge in [-0.1, -0.05) is 11.6 Å². The van der Waals surface area contributed by atoms with Crippen molar-refractivity contribution in [1.82, 2.24) is 4.98 Å². The van der Waals surface area contributed by atoms with Crippen LogP contribution in [0.3, 0.4) is 0 Å². The van der Waals surface area contributed by atoms with Crippen LogP contribution in [0.1, 0.15) is 0 Å². The van der Waals surface area contributed by atoms with Gasteiger partial charge in [0, 0.05) is 19.2 Å². The van der Waals surface area contributed by atoms with E-state index in [1.165, 1.54) is 0 Å². The average Bonchev–Trinajstić information content (AvgIpc) is 2.23. The molecule has 0 bridgehead atoms. The predicted molar refractivity (Wildman–Crippen MR) is 56.7 cm³/mol. The number of morpholine rings is 1. The van der Waals surface area contributed by atoms with Crippen molar-refractivity contribution < 1.29 is 4.74 Å². The summed E-state index contributed by atoms with van der Waals surface area (Å²) in [5, 5.41) is 0.473. The Kier molecular flexibility index (Phi) is 2.74. The van der Waals surface area contributed by atoms with E-state index >= 15 is 0 Å². The van der Waals surface area contributed by atoms with E-state index in [4.69, 9.17) is 22.1 Å². The summed E-state index contributed by atoms with van der Waals surface area (Å²) in [6.45, 7) is 3.17. The number of nitrogens with zero attached hydrogens (tertiary/aromatic N) is 2. The summed E-state index contributed by atoms with van der Waals surface area (Å²) in [6.07, 6.45) is 1.59. The van der Waals surface area contributed by atoms with Gasteiger partial charge in [-0.25, -0.2) is 4.98 Å². The largest absolute Gasteiger partial charge is 0.396 e. The third-order valence-electron chi connectivity index (χ3n) is 2.23. The van der Waals surface area contributed by atoms with Crippen molar-refractivity contribution in [3.63, 3.8) is 0 Å². The maximum absolute atomic E-state index is 5.82. The van der Waals surface area contributed by atoms with E-state index in [9.17, 15) is 0 Å². The highest BCUT2D eigenvalue weighted by Gasteiger charge is 2.14. The van der Waals surface area contributed by atoms with Crippen molar-refractivity contribution in [3.8, 4) is 0 Å². The molecule has 1 aliphatic rings. The fraction of sp³-hybridized carbons (Fsp3) is 0.444. The van der Waals surface area contributed by atoms with Gasteiger partial charge >= 0.3 is 0 Å². The summed E-state index contributed by atoms with van der Waals surface area (Å²) in [4.78, 5) is 6.08. The first-order valence-corrected chi connectivity index (χ1v) is 4.89. The van der Waals surface area contributed by atoms with Gasteiger partial charge in [0.05, 0.1) is 30.8 Å². The third kappa shape index (κ3) is 1.91. The summed E-state index contributed by atoms with van der Waals surface area (Å²) in [7, 11) is 0. The first kappa shape index (κ1) is 9.55. The quantitative estimate of drug-likeness (QED) is 0.712. The summed E-state index contributed by atoms with van der Waals surface area (Å²) < 4.78 is 5.26. The average molecular weight is 214 g/mol. The van der Waals surface area contributed by atoms with Gasteiger partial charge in [-0.3, -0.25) is 0 Å². The molecule has 1 saturated heterocycles. The highest BCUT2D eigenvalue weighted by atomic mass is 35.5. The molecule has 2 rings (SSSR count). The van der Waals surface area contributed by atoms with Gasteiger partial charge in [-0.2, -0.15) is 0 Å². The normalized spacial score (nSPS) is 17.1. The van der Waals surface area contributed by atoms with Gasteiger partial charge in [-0.05, 0) is 0 Å². The number of aromatic nitrogens is 1. The Hall–Kier alpha value is -1.00. The fourth-order valence-corrected chi connectivity index (χ4v) is 1.66. The van der Waals surface area contributed by atoms with Gasteiger partial charge in [0.1, 0.15) is 5.15 Å². The number of hydrogen-bond acceptors (Lipinski definition) is 4. The number of rotatable bonds is 1. The van der Waals surface area contributed by atoms with E-state index in [2.05, 4.69) is 9.88 Å². The molecular formula is C9H12ClN3O. The molecule has 1 aromatic rings. The van der Waals surface area contributed by atoms with Crippen LogP contribution in [0.2, 0.25) is 5.15 Å². The maximum atomic E-state index is 5.82. The molecule has 0 aromatic carbocycles. The Bertz CT molecular complexity index is 326. The Morgan fingerprint density at radius 3 is 2.86 bits per heavy atom. The third-order valence-corrected chi connectivity index (χ3v) is 2.44. The number of halogens is 1. The molecule has 0 saturated carbocycles. The molecule has 1 fully saturated rings. The molecule has 76 valence electrons. The van der Waals surface area contributed by atoms with Gasteiger partial charge < -0.3 is 15.4 Å². The molecular weight excluding hydrogens is 202 g/mol. The van der Waals surface area contributed by atoms with Crippen LogP contribution in [0.4, 0.5) is 11.4 Å². The van der Waals surface area contributed by atoms with Gasteiger partial charge in [0.15, 0.2) is 0 Å². The second-order valence-electron chi connectivity index (χ2n) is 3.17. The van der Waals surface area contributed by atoms with Gasteiger partial charge in [0.2, 0.25) is 0 Å². The molecule has 5 heteroatoms. The molecule has 0 atom stereocenters. The van der Waals surface area contributed by atoms with Crippen molar-refractivity contribution in [2.75, 3.05) is 36.9 Å². The van der Waals surface area contributed by atoms with E-state index in [0.29, 0.717) is 10.8 Å². The van der Waals surface area contributed by atoms with Crippen LogP contribution in [0.5, 0.6) is 0 Å². The summed E-state index contributed by atoms with van der Waals surface area (Å²) in [5.74, 6) is 0. The first-order valence-electron chi connectivity index (χ1n) is 4.51. The Morgan fingerprint density at radius 1 is 1.43 bits per heavy atom. The molecule has 0 radical (unpaired) electrons. The van der Waals surface area contributed by atoms with Crippen molar-refractivity contribution in [1.29, 1.82) is 0 Å². The standard InChI is InChI=1S/C9H12ClN3O/c10-9-5-8(7(11)6-12-9)13-1-3-14-4-2-13/h5-6H,1-4,11H2. The number of pyridine rings is 1. The Morgan fingerprint density at radius 2 is 2.14 bits per heavy atom. The number of nitrogen functional groups attached to an aromatic ring is 1. The molecule has 4 nitrogen and oxygen atoms in total. The Balaban J connectivity index is 2.24. The topological polar surface area (TPSA) is 51.4 Å². The van der Waals surface area contributed by atoms with Crippen molar-refractivity contribution in [3.05, 3.63) is 17.4 Å². The summed E-state index contributed by atoms with van der Waals surface area (Å²) >= 11 is 5.81. The monoisotopic (exact) mass is 213 g/mol. The zero-order valence-electron chi connectivity index (χ0n) is 7.74. The predicted octanol–water partition coefficient (Wildman–Crippen LogP) is 1.15. The lowest BCUT2D eigenvalue weighted by atomic mass is 10.3. The van der Waals surface area contributed by atoms with E-state index in [0.717, 1.165) is 32.0 Å². The minimum absolute atomic E-state index is 0.473. The number of anilines is 2.